The van der Waals surface area contributed by atoms with Crippen LogP contribution < -0.4 is 10.9 Å². The van der Waals surface area contributed by atoms with Crippen LogP contribution in [0.5, 0.6) is 0 Å². The summed E-state index contributed by atoms with van der Waals surface area (Å²) in [6, 6.07) is 27.5. The Morgan fingerprint density at radius 3 is 2.48 bits per heavy atom. The van der Waals surface area contributed by atoms with Gasteiger partial charge in [-0.15, -0.1) is 0 Å². The molecule has 0 saturated carbocycles. The summed E-state index contributed by atoms with van der Waals surface area (Å²) in [7, 11) is 0. The number of hydrogen-bond donors (Lipinski definition) is 1. The van der Waals surface area contributed by atoms with E-state index >= 15 is 0 Å². The first-order valence-electron chi connectivity index (χ1n) is 10.5. The Morgan fingerprint density at radius 1 is 0.935 bits per heavy atom. The molecular weight excluding hydrogens is 386 g/mol. The Morgan fingerprint density at radius 2 is 1.68 bits per heavy atom. The van der Waals surface area contributed by atoms with Crippen LogP contribution in [-0.4, -0.2) is 21.7 Å². The maximum atomic E-state index is 12.5. The van der Waals surface area contributed by atoms with Gasteiger partial charge in [0.2, 0.25) is 5.91 Å². The monoisotopic (exact) mass is 411 g/mol. The van der Waals surface area contributed by atoms with E-state index in [2.05, 4.69) is 28.6 Å². The average Bonchev–Trinajstić information content (AvgIpc) is 2.79. The molecule has 1 atom stereocenters. The molecule has 31 heavy (non-hydrogen) atoms. The second kappa shape index (κ2) is 9.39. The number of rotatable bonds is 7. The molecule has 0 aliphatic heterocycles. The zero-order chi connectivity index (χ0) is 21.6. The molecule has 5 heteroatoms. The summed E-state index contributed by atoms with van der Waals surface area (Å²) in [5.74, 6) is -0.217. The molecule has 0 unspecified atom stereocenters. The second-order valence-corrected chi connectivity index (χ2v) is 7.77. The summed E-state index contributed by atoms with van der Waals surface area (Å²) in [5.41, 5.74) is 2.51. The molecule has 156 valence electrons. The van der Waals surface area contributed by atoms with Crippen LogP contribution >= 0.6 is 0 Å². The highest BCUT2D eigenvalue weighted by molar-refractivity contribution is 5.86. The number of nitrogens with one attached hydrogen (secondary N) is 1. The Hall–Kier alpha value is -3.73. The summed E-state index contributed by atoms with van der Waals surface area (Å²) in [4.78, 5) is 24.8. The first kappa shape index (κ1) is 20.5. The van der Waals surface area contributed by atoms with Crippen molar-refractivity contribution >= 4 is 16.7 Å². The molecular formula is C26H25N3O2. The fourth-order valence-electron chi connectivity index (χ4n) is 3.62. The quantitative estimate of drug-likeness (QED) is 0.496. The minimum atomic E-state index is -0.295. The SMILES string of the molecule is C[C@H](CCc1ccccc1)NC(=O)Cn1nc(-c2ccc3ccccc3c2)ccc1=O. The normalized spacial score (nSPS) is 11.9. The van der Waals surface area contributed by atoms with E-state index in [1.54, 1.807) is 6.07 Å². The lowest BCUT2D eigenvalue weighted by Crippen LogP contribution is -2.38. The molecule has 0 spiro atoms. The summed E-state index contributed by atoms with van der Waals surface area (Å²) in [5, 5.41) is 9.65. The van der Waals surface area contributed by atoms with E-state index in [0.717, 1.165) is 29.2 Å². The average molecular weight is 412 g/mol. The first-order chi connectivity index (χ1) is 15.1. The van der Waals surface area contributed by atoms with Crippen molar-refractivity contribution in [1.29, 1.82) is 0 Å². The van der Waals surface area contributed by atoms with E-state index in [-0.39, 0.29) is 24.1 Å². The van der Waals surface area contributed by atoms with Crippen LogP contribution in [0.4, 0.5) is 0 Å². The third kappa shape index (κ3) is 5.25. The molecule has 0 aliphatic rings. The van der Waals surface area contributed by atoms with E-state index in [0.29, 0.717) is 5.69 Å². The van der Waals surface area contributed by atoms with Crippen LogP contribution in [0, 0.1) is 0 Å². The van der Waals surface area contributed by atoms with Crippen LogP contribution in [0.3, 0.4) is 0 Å². The smallest absolute Gasteiger partial charge is 0.267 e. The van der Waals surface area contributed by atoms with Crippen molar-refractivity contribution in [3.8, 4) is 11.3 Å². The number of aryl methyl sites for hydroxylation is 1. The largest absolute Gasteiger partial charge is 0.352 e. The van der Waals surface area contributed by atoms with Gasteiger partial charge in [-0.2, -0.15) is 5.10 Å². The van der Waals surface area contributed by atoms with Gasteiger partial charge >= 0.3 is 0 Å². The maximum absolute atomic E-state index is 12.5. The van der Waals surface area contributed by atoms with Gasteiger partial charge in [0.25, 0.3) is 5.56 Å². The van der Waals surface area contributed by atoms with Gasteiger partial charge in [0.05, 0.1) is 5.69 Å². The number of aromatic nitrogens is 2. The fraction of sp³-hybridized carbons (Fsp3) is 0.192. The van der Waals surface area contributed by atoms with Crippen molar-refractivity contribution in [3.63, 3.8) is 0 Å². The van der Waals surface area contributed by atoms with Gasteiger partial charge in [-0.25, -0.2) is 4.68 Å². The van der Waals surface area contributed by atoms with E-state index in [1.165, 1.54) is 16.3 Å². The molecule has 3 aromatic carbocycles. The van der Waals surface area contributed by atoms with Crippen LogP contribution in [-0.2, 0) is 17.8 Å². The van der Waals surface area contributed by atoms with Crippen LogP contribution in [0.25, 0.3) is 22.0 Å². The minimum Gasteiger partial charge on any atom is -0.352 e. The number of fused-ring (bicyclic) bond motifs is 1. The van der Waals surface area contributed by atoms with E-state index < -0.39 is 0 Å². The molecule has 4 aromatic rings. The van der Waals surface area contributed by atoms with Crippen molar-refractivity contribution in [2.45, 2.75) is 32.4 Å². The molecule has 1 amide bonds. The molecule has 4 rings (SSSR count). The Bertz CT molecular complexity index is 1250. The van der Waals surface area contributed by atoms with Crippen molar-refractivity contribution in [2.75, 3.05) is 0 Å². The second-order valence-electron chi connectivity index (χ2n) is 7.77. The van der Waals surface area contributed by atoms with E-state index in [9.17, 15) is 9.59 Å². The zero-order valence-corrected chi connectivity index (χ0v) is 17.5. The predicted octanol–water partition coefficient (Wildman–Crippen LogP) is 4.20. The molecule has 0 radical (unpaired) electrons. The third-order valence-corrected chi connectivity index (χ3v) is 5.32. The van der Waals surface area contributed by atoms with Crippen molar-refractivity contribution in [3.05, 3.63) is 101 Å². The zero-order valence-electron chi connectivity index (χ0n) is 17.5. The van der Waals surface area contributed by atoms with Gasteiger partial charge in [0, 0.05) is 17.7 Å². The lowest BCUT2D eigenvalue weighted by atomic mass is 10.1. The van der Waals surface area contributed by atoms with Gasteiger partial charge in [0.1, 0.15) is 6.54 Å². The van der Waals surface area contributed by atoms with Gasteiger partial charge in [-0.05, 0) is 48.2 Å². The Kier molecular flexibility index (Phi) is 6.22. The van der Waals surface area contributed by atoms with Gasteiger partial charge in [0.15, 0.2) is 0 Å². The molecule has 0 aliphatic carbocycles. The summed E-state index contributed by atoms with van der Waals surface area (Å²) in [6.07, 6.45) is 1.72. The first-order valence-corrected chi connectivity index (χ1v) is 10.5. The fourth-order valence-corrected chi connectivity index (χ4v) is 3.62. The minimum absolute atomic E-state index is 0.00655. The molecule has 0 saturated heterocycles. The number of benzene rings is 3. The van der Waals surface area contributed by atoms with Crippen LogP contribution in [0.2, 0.25) is 0 Å². The van der Waals surface area contributed by atoms with Crippen molar-refractivity contribution in [2.24, 2.45) is 0 Å². The standard InChI is InChI=1S/C26H25N3O2/c1-19(11-12-20-7-3-2-4-8-20)27-25(30)18-29-26(31)16-15-24(28-29)23-14-13-21-9-5-6-10-22(21)17-23/h2-10,13-17,19H,11-12,18H2,1H3,(H,27,30)/t19-/m1/s1. The number of hydrogen-bond acceptors (Lipinski definition) is 3. The van der Waals surface area contributed by atoms with Crippen molar-refractivity contribution < 1.29 is 4.79 Å². The third-order valence-electron chi connectivity index (χ3n) is 5.32. The number of amides is 1. The van der Waals surface area contributed by atoms with Gasteiger partial charge in [-0.1, -0.05) is 66.7 Å². The molecule has 1 heterocycles. The molecule has 0 bridgehead atoms. The summed E-state index contributed by atoms with van der Waals surface area (Å²) >= 11 is 0. The molecule has 1 N–H and O–H groups in total. The van der Waals surface area contributed by atoms with Gasteiger partial charge < -0.3 is 5.32 Å². The van der Waals surface area contributed by atoms with Crippen molar-refractivity contribution in [1.82, 2.24) is 15.1 Å². The van der Waals surface area contributed by atoms with Gasteiger partial charge in [-0.3, -0.25) is 9.59 Å². The molecule has 1 aromatic heterocycles. The van der Waals surface area contributed by atoms with E-state index in [4.69, 9.17) is 0 Å². The number of nitrogens with zero attached hydrogens (tertiary/aromatic N) is 2. The maximum Gasteiger partial charge on any atom is 0.267 e. The van der Waals surface area contributed by atoms with Crippen LogP contribution in [0.1, 0.15) is 18.9 Å². The number of carbonyl (C=O) groups excluding carboxylic acids is 1. The predicted molar refractivity (Wildman–Crippen MR) is 124 cm³/mol. The topological polar surface area (TPSA) is 64.0 Å². The Balaban J connectivity index is 1.43. The lowest BCUT2D eigenvalue weighted by molar-refractivity contribution is -0.122. The molecule has 0 fully saturated rings. The lowest BCUT2D eigenvalue weighted by Gasteiger charge is -2.14. The molecule has 5 nitrogen and oxygen atoms in total. The summed E-state index contributed by atoms with van der Waals surface area (Å²) in [6.45, 7) is 1.87. The highest BCUT2D eigenvalue weighted by atomic mass is 16.2. The van der Waals surface area contributed by atoms with E-state index in [1.807, 2.05) is 61.5 Å². The number of carbonyl (C=O) groups is 1. The highest BCUT2D eigenvalue weighted by Crippen LogP contribution is 2.22. The summed E-state index contributed by atoms with van der Waals surface area (Å²) < 4.78 is 1.23. The Labute approximate surface area is 181 Å². The van der Waals surface area contributed by atoms with Crippen LogP contribution in [0.15, 0.2) is 89.7 Å². The highest BCUT2D eigenvalue weighted by Gasteiger charge is 2.11.